The van der Waals surface area contributed by atoms with Crippen LogP contribution in [0.5, 0.6) is 11.5 Å². The van der Waals surface area contributed by atoms with E-state index >= 15 is 0 Å². The number of ether oxygens (including phenoxy) is 2. The summed E-state index contributed by atoms with van der Waals surface area (Å²) in [7, 11) is 3.81. The highest BCUT2D eigenvalue weighted by atomic mass is 16.7. The van der Waals surface area contributed by atoms with Crippen LogP contribution in [0, 0.1) is 0 Å². The molecular weight excluding hydrogens is 232 g/mol. The van der Waals surface area contributed by atoms with Crippen LogP contribution in [0.2, 0.25) is 0 Å². The zero-order chi connectivity index (χ0) is 12.7. The molecule has 94 valence electrons. The van der Waals surface area contributed by atoms with Gasteiger partial charge in [-0.05, 0) is 12.1 Å². The average molecular weight is 246 g/mol. The molecule has 0 fully saturated rings. The maximum Gasteiger partial charge on any atom is 0.231 e. The first-order chi connectivity index (χ1) is 8.69. The maximum absolute atomic E-state index is 9.40. The first-order valence-electron chi connectivity index (χ1n) is 5.70. The van der Waals surface area contributed by atoms with Crippen LogP contribution in [0.4, 0.5) is 5.82 Å². The number of anilines is 1. The fourth-order valence-corrected chi connectivity index (χ4v) is 2.10. The fourth-order valence-electron chi connectivity index (χ4n) is 2.10. The molecule has 2 heterocycles. The molecule has 1 aliphatic heterocycles. The summed E-state index contributed by atoms with van der Waals surface area (Å²) in [6, 6.07) is 5.69. The average Bonchev–Trinajstić information content (AvgIpc) is 2.81. The lowest BCUT2D eigenvalue weighted by atomic mass is 10.1. The van der Waals surface area contributed by atoms with E-state index < -0.39 is 0 Å². The smallest absolute Gasteiger partial charge is 0.231 e. The Labute approximate surface area is 105 Å². The van der Waals surface area contributed by atoms with Crippen LogP contribution >= 0.6 is 0 Å². The van der Waals surface area contributed by atoms with Crippen LogP contribution in [0.25, 0.3) is 10.9 Å². The first-order valence-corrected chi connectivity index (χ1v) is 5.70. The van der Waals surface area contributed by atoms with Gasteiger partial charge in [0.25, 0.3) is 0 Å². The van der Waals surface area contributed by atoms with E-state index in [1.54, 1.807) is 0 Å². The zero-order valence-corrected chi connectivity index (χ0v) is 10.3. The zero-order valence-electron chi connectivity index (χ0n) is 10.3. The van der Waals surface area contributed by atoms with Crippen molar-refractivity contribution in [2.24, 2.45) is 0 Å². The van der Waals surface area contributed by atoms with Gasteiger partial charge in [0.1, 0.15) is 5.82 Å². The molecule has 5 heteroatoms. The van der Waals surface area contributed by atoms with Crippen molar-refractivity contribution in [1.29, 1.82) is 0 Å². The summed E-state index contributed by atoms with van der Waals surface area (Å²) < 4.78 is 10.7. The van der Waals surface area contributed by atoms with E-state index in [-0.39, 0.29) is 13.4 Å². The molecule has 5 nitrogen and oxygen atoms in total. The van der Waals surface area contributed by atoms with Crippen molar-refractivity contribution in [3.8, 4) is 11.5 Å². The Balaban J connectivity index is 2.24. The van der Waals surface area contributed by atoms with Crippen molar-refractivity contribution < 1.29 is 14.6 Å². The number of hydrogen-bond acceptors (Lipinski definition) is 5. The molecule has 0 saturated carbocycles. The SMILES string of the molecule is CN(C)c1nc2cc3c(cc2cc1CO)OCO3. The van der Waals surface area contributed by atoms with E-state index in [4.69, 9.17) is 9.47 Å². The van der Waals surface area contributed by atoms with Crippen LogP contribution in [0.3, 0.4) is 0 Å². The van der Waals surface area contributed by atoms with Gasteiger partial charge in [0.05, 0.1) is 12.1 Å². The largest absolute Gasteiger partial charge is 0.454 e. The number of hydrogen-bond donors (Lipinski definition) is 1. The van der Waals surface area contributed by atoms with Crippen molar-refractivity contribution in [3.05, 3.63) is 23.8 Å². The lowest BCUT2D eigenvalue weighted by molar-refractivity contribution is 0.174. The summed E-state index contributed by atoms with van der Waals surface area (Å²) >= 11 is 0. The molecule has 0 radical (unpaired) electrons. The van der Waals surface area contributed by atoms with Gasteiger partial charge in [-0.1, -0.05) is 0 Å². The van der Waals surface area contributed by atoms with Gasteiger partial charge in [-0.2, -0.15) is 0 Å². The molecule has 3 rings (SSSR count). The van der Waals surface area contributed by atoms with E-state index in [0.29, 0.717) is 0 Å². The molecular formula is C13H14N2O3. The summed E-state index contributed by atoms with van der Waals surface area (Å²) in [6.07, 6.45) is 0. The minimum absolute atomic E-state index is 0.0368. The van der Waals surface area contributed by atoms with E-state index in [1.807, 2.05) is 37.2 Å². The van der Waals surface area contributed by atoms with Crippen molar-refractivity contribution in [1.82, 2.24) is 4.98 Å². The summed E-state index contributed by atoms with van der Waals surface area (Å²) in [6.45, 7) is 0.212. The molecule has 0 unspecified atom stereocenters. The van der Waals surface area contributed by atoms with E-state index in [1.165, 1.54) is 0 Å². The Kier molecular flexibility index (Phi) is 2.48. The third kappa shape index (κ3) is 1.64. The lowest BCUT2D eigenvalue weighted by Crippen LogP contribution is -2.13. The van der Waals surface area contributed by atoms with E-state index in [0.717, 1.165) is 33.8 Å². The van der Waals surface area contributed by atoms with Gasteiger partial charge >= 0.3 is 0 Å². The number of benzene rings is 1. The quantitative estimate of drug-likeness (QED) is 0.870. The number of aliphatic hydroxyl groups is 1. The van der Waals surface area contributed by atoms with Crippen molar-refractivity contribution >= 4 is 16.7 Å². The van der Waals surface area contributed by atoms with Gasteiger partial charge in [0.2, 0.25) is 6.79 Å². The molecule has 1 N–H and O–H groups in total. The van der Waals surface area contributed by atoms with Crippen LogP contribution < -0.4 is 14.4 Å². The number of fused-ring (bicyclic) bond motifs is 2. The fraction of sp³-hybridized carbons (Fsp3) is 0.308. The highest BCUT2D eigenvalue weighted by Crippen LogP contribution is 2.36. The second-order valence-electron chi connectivity index (χ2n) is 4.42. The number of pyridine rings is 1. The van der Waals surface area contributed by atoms with Crippen molar-refractivity contribution in [2.45, 2.75) is 6.61 Å². The lowest BCUT2D eigenvalue weighted by Gasteiger charge is -2.16. The molecule has 18 heavy (non-hydrogen) atoms. The predicted molar refractivity (Wildman–Crippen MR) is 68.1 cm³/mol. The number of aromatic nitrogens is 1. The third-order valence-corrected chi connectivity index (χ3v) is 2.96. The molecule has 1 aliphatic rings. The molecule has 0 spiro atoms. The second-order valence-corrected chi connectivity index (χ2v) is 4.42. The van der Waals surface area contributed by atoms with Gasteiger partial charge < -0.3 is 19.5 Å². The first kappa shape index (κ1) is 11.1. The van der Waals surface area contributed by atoms with Gasteiger partial charge in [-0.3, -0.25) is 0 Å². The Morgan fingerprint density at radius 1 is 1.22 bits per heavy atom. The summed E-state index contributed by atoms with van der Waals surface area (Å²) in [5.41, 5.74) is 1.63. The monoisotopic (exact) mass is 246 g/mol. The van der Waals surface area contributed by atoms with Crippen LogP contribution in [-0.2, 0) is 6.61 Å². The van der Waals surface area contributed by atoms with Gasteiger partial charge in [-0.25, -0.2) is 4.98 Å². The summed E-state index contributed by atoms with van der Waals surface area (Å²) in [5.74, 6) is 2.21. The molecule has 2 aromatic rings. The molecule has 0 aliphatic carbocycles. The van der Waals surface area contributed by atoms with E-state index in [2.05, 4.69) is 4.98 Å². The van der Waals surface area contributed by atoms with Crippen molar-refractivity contribution in [3.63, 3.8) is 0 Å². The summed E-state index contributed by atoms with van der Waals surface area (Å²) in [5, 5.41) is 10.3. The number of nitrogens with zero attached hydrogens (tertiary/aromatic N) is 2. The Bertz CT molecular complexity index is 611. The molecule has 1 aromatic carbocycles. The van der Waals surface area contributed by atoms with Gasteiger partial charge in [0.15, 0.2) is 11.5 Å². The van der Waals surface area contributed by atoms with Gasteiger partial charge in [0, 0.05) is 31.1 Å². The molecule has 0 saturated heterocycles. The third-order valence-electron chi connectivity index (χ3n) is 2.96. The topological polar surface area (TPSA) is 54.8 Å². The standard InChI is InChI=1S/C13H14N2O3/c1-15(2)13-9(6-16)3-8-4-11-12(18-7-17-11)5-10(8)14-13/h3-5,16H,6-7H2,1-2H3. The van der Waals surface area contributed by atoms with Crippen LogP contribution in [-0.4, -0.2) is 31.0 Å². The van der Waals surface area contributed by atoms with E-state index in [9.17, 15) is 5.11 Å². The Morgan fingerprint density at radius 3 is 2.61 bits per heavy atom. The minimum atomic E-state index is -0.0368. The molecule has 0 amide bonds. The minimum Gasteiger partial charge on any atom is -0.454 e. The van der Waals surface area contributed by atoms with Crippen molar-refractivity contribution in [2.75, 3.05) is 25.8 Å². The summed E-state index contributed by atoms with van der Waals surface area (Å²) in [4.78, 5) is 6.44. The number of rotatable bonds is 2. The van der Waals surface area contributed by atoms with Crippen LogP contribution in [0.1, 0.15) is 5.56 Å². The second kappa shape index (κ2) is 4.03. The normalized spacial score (nSPS) is 13.1. The van der Waals surface area contributed by atoms with Crippen LogP contribution in [0.15, 0.2) is 18.2 Å². The Hall–Kier alpha value is -2.01. The molecule has 0 bridgehead atoms. The molecule has 1 aromatic heterocycles. The number of aliphatic hydroxyl groups excluding tert-OH is 1. The Morgan fingerprint density at radius 2 is 1.94 bits per heavy atom. The maximum atomic E-state index is 9.40. The van der Waals surface area contributed by atoms with Gasteiger partial charge in [-0.15, -0.1) is 0 Å². The molecule has 0 atom stereocenters. The highest BCUT2D eigenvalue weighted by molar-refractivity contribution is 5.85. The highest BCUT2D eigenvalue weighted by Gasteiger charge is 2.16. The predicted octanol–water partition coefficient (Wildman–Crippen LogP) is 1.52.